The van der Waals surface area contributed by atoms with E-state index >= 15 is 0 Å². The molecule has 3 aromatic heterocycles. The average Bonchev–Trinajstić information content (AvgIpc) is 3.35. The third-order valence-electron chi connectivity index (χ3n) is 9.61. The molecular formula is C57H42IrN3. The number of nitrogens with zero attached hydrogens (tertiary/aromatic N) is 3. The molecule has 9 aromatic rings. The molecule has 4 heteroatoms. The summed E-state index contributed by atoms with van der Waals surface area (Å²) in [5.74, 6) is 0. The van der Waals surface area contributed by atoms with Crippen molar-refractivity contribution in [3.8, 4) is 67.2 Å². The fourth-order valence-electron chi connectivity index (χ4n) is 6.37. The molecule has 0 unspecified atom stereocenters. The molecule has 0 amide bonds. The number of hydrogen-bond acceptors (Lipinski definition) is 3. The maximum Gasteiger partial charge on any atom is 3.00 e. The van der Waals surface area contributed by atoms with Crippen LogP contribution in [0.1, 0.15) is 16.7 Å². The van der Waals surface area contributed by atoms with Crippen LogP contribution in [0.15, 0.2) is 220 Å². The van der Waals surface area contributed by atoms with Crippen molar-refractivity contribution < 1.29 is 20.1 Å². The third-order valence-corrected chi connectivity index (χ3v) is 9.61. The maximum atomic E-state index is 4.52. The largest absolute Gasteiger partial charge is 3.00 e. The van der Waals surface area contributed by atoms with Gasteiger partial charge in [-0.15, -0.1) is 108 Å². The van der Waals surface area contributed by atoms with E-state index in [0.29, 0.717) is 0 Å². The first-order valence-electron chi connectivity index (χ1n) is 19.6. The molecule has 294 valence electrons. The van der Waals surface area contributed by atoms with Crippen molar-refractivity contribution in [3.63, 3.8) is 0 Å². The van der Waals surface area contributed by atoms with E-state index in [0.717, 1.165) is 83.8 Å². The Hall–Kier alpha value is -7.36. The summed E-state index contributed by atoms with van der Waals surface area (Å²) in [6, 6.07) is 70.3. The Kier molecular flexibility index (Phi) is 15.7. The Labute approximate surface area is 373 Å². The minimum Gasteiger partial charge on any atom is -0.304 e. The van der Waals surface area contributed by atoms with Gasteiger partial charge in [0.1, 0.15) is 0 Å². The minimum absolute atomic E-state index is 0. The van der Waals surface area contributed by atoms with Crippen LogP contribution in [-0.4, -0.2) is 15.0 Å². The van der Waals surface area contributed by atoms with E-state index in [2.05, 4.69) is 107 Å². The Morgan fingerprint density at radius 3 is 0.869 bits per heavy atom. The second-order valence-corrected chi connectivity index (χ2v) is 13.6. The second kappa shape index (κ2) is 22.1. The minimum atomic E-state index is 0. The number of aromatic nitrogens is 3. The first-order chi connectivity index (χ1) is 29.6. The summed E-state index contributed by atoms with van der Waals surface area (Å²) in [4.78, 5) is 13.6. The van der Waals surface area contributed by atoms with Crippen molar-refractivity contribution in [3.05, 3.63) is 255 Å². The topological polar surface area (TPSA) is 38.7 Å². The van der Waals surface area contributed by atoms with E-state index in [-0.39, 0.29) is 20.1 Å². The monoisotopic (exact) mass is 961 g/mol. The summed E-state index contributed by atoms with van der Waals surface area (Å²) in [7, 11) is 0. The van der Waals surface area contributed by atoms with E-state index in [1.165, 1.54) is 0 Å². The van der Waals surface area contributed by atoms with E-state index in [1.807, 2.05) is 164 Å². The molecule has 0 aliphatic heterocycles. The normalized spacial score (nSPS) is 10.0. The molecule has 3 nitrogen and oxygen atoms in total. The SMILES string of the molecule is C=Cc1cccc(-c2ccc(-c3[c-]cccc3)nc2)c1.C=Cc1cccc(-c2ccc(-c3[c-]cccc3)nc2)c1.C=Cc1cccc(-c2ccc(-c3[c-]cccc3)nc2)c1.[Ir+3]. The molecule has 0 atom stereocenters. The molecule has 0 aliphatic carbocycles. The smallest absolute Gasteiger partial charge is 0.304 e. The Balaban J connectivity index is 0.000000152. The van der Waals surface area contributed by atoms with Crippen molar-refractivity contribution in [1.29, 1.82) is 0 Å². The van der Waals surface area contributed by atoms with Gasteiger partial charge < -0.3 is 15.0 Å². The molecule has 6 aromatic carbocycles. The van der Waals surface area contributed by atoms with Crippen molar-refractivity contribution in [1.82, 2.24) is 15.0 Å². The molecule has 0 bridgehead atoms. The quantitative estimate of drug-likeness (QED) is 0.135. The van der Waals surface area contributed by atoms with Gasteiger partial charge in [0.15, 0.2) is 0 Å². The van der Waals surface area contributed by atoms with Crippen LogP contribution in [0.4, 0.5) is 0 Å². The molecule has 0 fully saturated rings. The van der Waals surface area contributed by atoms with Crippen molar-refractivity contribution in [2.24, 2.45) is 0 Å². The van der Waals surface area contributed by atoms with Crippen LogP contribution in [0, 0.1) is 18.2 Å². The molecule has 0 N–H and O–H groups in total. The first-order valence-corrected chi connectivity index (χ1v) is 19.6. The predicted molar refractivity (Wildman–Crippen MR) is 252 cm³/mol. The molecule has 0 saturated carbocycles. The number of rotatable bonds is 9. The molecule has 0 spiro atoms. The van der Waals surface area contributed by atoms with Gasteiger partial charge in [0.2, 0.25) is 0 Å². The van der Waals surface area contributed by atoms with Crippen molar-refractivity contribution >= 4 is 18.2 Å². The van der Waals surface area contributed by atoms with Gasteiger partial charge in [-0.25, -0.2) is 0 Å². The summed E-state index contributed by atoms with van der Waals surface area (Å²) in [5.41, 5.74) is 16.0. The summed E-state index contributed by atoms with van der Waals surface area (Å²) < 4.78 is 0. The van der Waals surface area contributed by atoms with Gasteiger partial charge in [-0.3, -0.25) is 0 Å². The second-order valence-electron chi connectivity index (χ2n) is 13.6. The van der Waals surface area contributed by atoms with E-state index < -0.39 is 0 Å². The summed E-state index contributed by atoms with van der Waals surface area (Å²) in [6.45, 7) is 11.4. The Morgan fingerprint density at radius 1 is 0.328 bits per heavy atom. The van der Waals surface area contributed by atoms with Gasteiger partial charge in [-0.2, -0.15) is 0 Å². The summed E-state index contributed by atoms with van der Waals surface area (Å²) in [5, 5.41) is 0. The van der Waals surface area contributed by atoms with Gasteiger partial charge >= 0.3 is 20.1 Å². The van der Waals surface area contributed by atoms with Crippen LogP contribution in [0.5, 0.6) is 0 Å². The molecule has 0 aliphatic rings. The van der Waals surface area contributed by atoms with Gasteiger partial charge in [0, 0.05) is 18.6 Å². The fourth-order valence-corrected chi connectivity index (χ4v) is 6.37. The predicted octanol–water partition coefficient (Wildman–Crippen LogP) is 14.6. The molecular weight excluding hydrogens is 919 g/mol. The summed E-state index contributed by atoms with van der Waals surface area (Å²) in [6.07, 6.45) is 11.3. The Bertz CT molecular complexity index is 2450. The molecule has 3 heterocycles. The first kappa shape index (κ1) is 43.2. The van der Waals surface area contributed by atoms with Crippen LogP contribution in [0.25, 0.3) is 85.4 Å². The number of benzene rings is 6. The zero-order chi connectivity index (χ0) is 41.4. The number of hydrogen-bond donors (Lipinski definition) is 0. The van der Waals surface area contributed by atoms with Crippen LogP contribution in [0.3, 0.4) is 0 Å². The average molecular weight is 961 g/mol. The van der Waals surface area contributed by atoms with Crippen LogP contribution < -0.4 is 0 Å². The van der Waals surface area contributed by atoms with Gasteiger partial charge in [0.25, 0.3) is 0 Å². The van der Waals surface area contributed by atoms with Crippen LogP contribution >= 0.6 is 0 Å². The molecule has 0 saturated heterocycles. The fraction of sp³-hybridized carbons (Fsp3) is 0. The summed E-state index contributed by atoms with van der Waals surface area (Å²) >= 11 is 0. The van der Waals surface area contributed by atoms with E-state index in [9.17, 15) is 0 Å². The maximum absolute atomic E-state index is 4.52. The molecule has 9 rings (SSSR count). The van der Waals surface area contributed by atoms with E-state index in [1.54, 1.807) is 0 Å². The number of pyridine rings is 3. The van der Waals surface area contributed by atoms with Gasteiger partial charge in [0.05, 0.1) is 0 Å². The van der Waals surface area contributed by atoms with Gasteiger partial charge in [-0.05, 0) is 85.4 Å². The third kappa shape index (κ3) is 11.9. The molecule has 0 radical (unpaired) electrons. The zero-order valence-electron chi connectivity index (χ0n) is 33.6. The van der Waals surface area contributed by atoms with E-state index in [4.69, 9.17) is 0 Å². The van der Waals surface area contributed by atoms with Gasteiger partial charge in [-0.1, -0.05) is 129 Å². The Morgan fingerprint density at radius 2 is 0.639 bits per heavy atom. The molecule has 61 heavy (non-hydrogen) atoms. The van der Waals surface area contributed by atoms with Crippen molar-refractivity contribution in [2.45, 2.75) is 0 Å². The van der Waals surface area contributed by atoms with Crippen molar-refractivity contribution in [2.75, 3.05) is 0 Å². The zero-order valence-corrected chi connectivity index (χ0v) is 36.0. The van der Waals surface area contributed by atoms with Crippen LogP contribution in [-0.2, 0) is 20.1 Å². The standard InChI is InChI=1S/3C19H14N.Ir/c3*1-2-15-7-6-10-17(13-15)18-11-12-19(20-14-18)16-8-4-3-5-9-16;/h3*2-8,10-14H,1H2;/q3*-1;+3. The van der Waals surface area contributed by atoms with Crippen LogP contribution in [0.2, 0.25) is 0 Å².